The summed E-state index contributed by atoms with van der Waals surface area (Å²) < 4.78 is 199. The minimum atomic E-state index is -7.92. The molecule has 0 spiro atoms. The van der Waals surface area contributed by atoms with Crippen molar-refractivity contribution in [2.24, 2.45) is 0 Å². The van der Waals surface area contributed by atoms with Crippen LogP contribution in [0.3, 0.4) is 0 Å². The second kappa shape index (κ2) is 9.19. The van der Waals surface area contributed by atoms with E-state index in [-0.39, 0.29) is 6.08 Å². The van der Waals surface area contributed by atoms with Crippen molar-refractivity contribution in [3.8, 4) is 0 Å². The lowest BCUT2D eigenvalue weighted by Crippen LogP contribution is -2.71. The normalized spacial score (nSPS) is 15.0. The quantitative estimate of drug-likeness (QED) is 0.122. The summed E-state index contributed by atoms with van der Waals surface area (Å²) in [6.07, 6.45) is -19.3. The standard InChI is InChI=1S/C15H13F15O2/c1-2-8(31)32-15(29,30)14(27,28)13(25,26)12(23,24)11(21,22)9(16,17)6-4-3-5-7-10(18,19)20/h2H,1,3-7H2. The second-order valence-electron chi connectivity index (χ2n) is 6.32. The molecule has 0 aliphatic heterocycles. The molecule has 0 fully saturated rings. The lowest BCUT2D eigenvalue weighted by atomic mass is 9.91. The molecule has 0 atom stereocenters. The van der Waals surface area contributed by atoms with E-state index in [1.807, 2.05) is 0 Å². The Balaban J connectivity index is 5.80. The Hall–Kier alpha value is -1.84. The summed E-state index contributed by atoms with van der Waals surface area (Å²) in [6, 6.07) is 0. The molecule has 0 aliphatic carbocycles. The summed E-state index contributed by atoms with van der Waals surface area (Å²) in [7, 11) is 0. The van der Waals surface area contributed by atoms with Crippen LogP contribution in [-0.2, 0) is 9.53 Å². The molecular formula is C15H13F15O2. The molecule has 0 saturated carbocycles. The number of hydrogen-bond acceptors (Lipinski definition) is 2. The van der Waals surface area contributed by atoms with E-state index < -0.39 is 80.0 Å². The molecule has 2 nitrogen and oxygen atoms in total. The lowest BCUT2D eigenvalue weighted by molar-refractivity contribution is -0.450. The molecule has 0 amide bonds. The van der Waals surface area contributed by atoms with Crippen molar-refractivity contribution in [2.75, 3.05) is 0 Å². The Morgan fingerprint density at radius 2 is 1.03 bits per heavy atom. The van der Waals surface area contributed by atoms with Gasteiger partial charge in [0.05, 0.1) is 0 Å². The summed E-state index contributed by atoms with van der Waals surface area (Å²) in [4.78, 5) is 10.5. The van der Waals surface area contributed by atoms with Crippen molar-refractivity contribution in [2.45, 2.75) is 74.0 Å². The molecule has 0 bridgehead atoms. The van der Waals surface area contributed by atoms with Gasteiger partial charge in [-0.15, -0.1) is 0 Å². The van der Waals surface area contributed by atoms with Crippen LogP contribution in [0.25, 0.3) is 0 Å². The Morgan fingerprint density at radius 3 is 1.44 bits per heavy atom. The van der Waals surface area contributed by atoms with Crippen LogP contribution in [0.5, 0.6) is 0 Å². The van der Waals surface area contributed by atoms with Crippen LogP contribution < -0.4 is 0 Å². The molecule has 0 aromatic heterocycles. The molecule has 32 heavy (non-hydrogen) atoms. The first-order valence-corrected chi connectivity index (χ1v) is 8.10. The number of alkyl halides is 15. The largest absolute Gasteiger partial charge is 0.473 e. The van der Waals surface area contributed by atoms with Gasteiger partial charge in [0.25, 0.3) is 0 Å². The molecule has 17 heteroatoms. The molecule has 0 rings (SSSR count). The van der Waals surface area contributed by atoms with Crippen molar-refractivity contribution in [1.82, 2.24) is 0 Å². The molecular weight excluding hydrogens is 497 g/mol. The fourth-order valence-electron chi connectivity index (χ4n) is 2.05. The topological polar surface area (TPSA) is 26.3 Å². The number of rotatable bonds is 12. The van der Waals surface area contributed by atoms with Gasteiger partial charge in [0, 0.05) is 18.9 Å². The number of ether oxygens (including phenoxy) is 1. The highest BCUT2D eigenvalue weighted by Gasteiger charge is 2.91. The number of hydrogen-bond donors (Lipinski definition) is 0. The highest BCUT2D eigenvalue weighted by molar-refractivity contribution is 5.81. The van der Waals surface area contributed by atoms with Crippen molar-refractivity contribution in [3.63, 3.8) is 0 Å². The monoisotopic (exact) mass is 510 g/mol. The molecule has 0 aromatic carbocycles. The minimum absolute atomic E-state index is 0.318. The molecule has 0 radical (unpaired) electrons. The van der Waals surface area contributed by atoms with E-state index >= 15 is 0 Å². The van der Waals surface area contributed by atoms with Crippen LogP contribution in [0.4, 0.5) is 65.9 Å². The third-order valence-corrected chi connectivity index (χ3v) is 3.85. The van der Waals surface area contributed by atoms with Gasteiger partial charge in [-0.05, 0) is 12.8 Å². The van der Waals surface area contributed by atoms with Gasteiger partial charge in [-0.25, -0.2) is 4.79 Å². The van der Waals surface area contributed by atoms with Crippen LogP contribution in [0, 0.1) is 0 Å². The van der Waals surface area contributed by atoms with Crippen LogP contribution in [0.15, 0.2) is 12.7 Å². The average molecular weight is 510 g/mol. The van der Waals surface area contributed by atoms with Crippen molar-refractivity contribution >= 4 is 5.97 Å². The van der Waals surface area contributed by atoms with Crippen molar-refractivity contribution < 1.29 is 75.4 Å². The van der Waals surface area contributed by atoms with E-state index in [9.17, 15) is 70.7 Å². The summed E-state index contributed by atoms with van der Waals surface area (Å²) in [6.45, 7) is 2.39. The fraction of sp³-hybridized carbons (Fsp3) is 0.800. The number of carbonyl (C=O) groups is 1. The van der Waals surface area contributed by atoms with Gasteiger partial charge in [-0.2, -0.15) is 65.9 Å². The van der Waals surface area contributed by atoms with E-state index in [0.717, 1.165) is 0 Å². The van der Waals surface area contributed by atoms with Gasteiger partial charge in [0.1, 0.15) is 0 Å². The van der Waals surface area contributed by atoms with Crippen molar-refractivity contribution in [3.05, 3.63) is 12.7 Å². The molecule has 0 heterocycles. The van der Waals surface area contributed by atoms with Gasteiger partial charge in [0.15, 0.2) is 0 Å². The molecule has 0 unspecified atom stereocenters. The number of esters is 1. The predicted octanol–water partition coefficient (Wildman–Crippen LogP) is 7.00. The van der Waals surface area contributed by atoms with E-state index in [1.54, 1.807) is 0 Å². The number of unbranched alkanes of at least 4 members (excludes halogenated alkanes) is 2. The first-order valence-electron chi connectivity index (χ1n) is 8.10. The summed E-state index contributed by atoms with van der Waals surface area (Å²) in [5, 5.41) is 0. The maximum atomic E-state index is 13.6. The van der Waals surface area contributed by atoms with Gasteiger partial charge in [-0.3, -0.25) is 0 Å². The Kier molecular flexibility index (Phi) is 8.66. The van der Waals surface area contributed by atoms with Gasteiger partial charge in [0.2, 0.25) is 0 Å². The third kappa shape index (κ3) is 5.74. The highest BCUT2D eigenvalue weighted by Crippen LogP contribution is 2.60. The van der Waals surface area contributed by atoms with E-state index in [4.69, 9.17) is 0 Å². The average Bonchev–Trinajstić information content (AvgIpc) is 2.58. The molecule has 190 valence electrons. The lowest BCUT2D eigenvalue weighted by Gasteiger charge is -2.40. The zero-order valence-corrected chi connectivity index (χ0v) is 15.3. The third-order valence-electron chi connectivity index (χ3n) is 3.85. The SMILES string of the molecule is C=CC(=O)OC(F)(F)C(F)(F)C(F)(F)C(F)(F)C(F)(F)C(F)(F)CCCCCC(F)(F)F. The smallest absolute Gasteiger partial charge is 0.393 e. The summed E-state index contributed by atoms with van der Waals surface area (Å²) in [5.41, 5.74) is 0. The molecule has 0 N–H and O–H groups in total. The maximum absolute atomic E-state index is 13.6. The van der Waals surface area contributed by atoms with Gasteiger partial charge in [-0.1, -0.05) is 13.0 Å². The van der Waals surface area contributed by atoms with Gasteiger partial charge < -0.3 is 4.74 Å². The Bertz CT molecular complexity index is 666. The molecule has 0 aliphatic rings. The van der Waals surface area contributed by atoms with E-state index in [1.165, 1.54) is 0 Å². The zero-order chi connectivity index (χ0) is 26.0. The van der Waals surface area contributed by atoms with Crippen LogP contribution in [0.1, 0.15) is 32.1 Å². The van der Waals surface area contributed by atoms with Crippen LogP contribution >= 0.6 is 0 Å². The summed E-state index contributed by atoms with van der Waals surface area (Å²) in [5.74, 6) is -39.6. The first kappa shape index (κ1) is 30.2. The number of halogens is 15. The Labute approximate surface area is 169 Å². The number of carbonyl (C=O) groups excluding carboxylic acids is 1. The molecule has 0 aromatic rings. The molecule has 0 saturated heterocycles. The van der Waals surface area contributed by atoms with Gasteiger partial charge >= 0.3 is 47.9 Å². The summed E-state index contributed by atoms with van der Waals surface area (Å²) >= 11 is 0. The minimum Gasteiger partial charge on any atom is -0.393 e. The van der Waals surface area contributed by atoms with Crippen LogP contribution in [0.2, 0.25) is 0 Å². The second-order valence-corrected chi connectivity index (χ2v) is 6.32. The fourth-order valence-corrected chi connectivity index (χ4v) is 2.05. The Morgan fingerprint density at radius 1 is 0.625 bits per heavy atom. The first-order chi connectivity index (χ1) is 13.9. The maximum Gasteiger partial charge on any atom is 0.473 e. The van der Waals surface area contributed by atoms with Crippen molar-refractivity contribution in [1.29, 1.82) is 0 Å². The predicted molar refractivity (Wildman–Crippen MR) is 75.1 cm³/mol. The van der Waals surface area contributed by atoms with E-state index in [2.05, 4.69) is 11.3 Å². The van der Waals surface area contributed by atoms with E-state index in [0.29, 0.717) is 0 Å². The highest BCUT2D eigenvalue weighted by atomic mass is 19.4. The zero-order valence-electron chi connectivity index (χ0n) is 15.3. The van der Waals surface area contributed by atoms with Crippen LogP contribution in [-0.4, -0.2) is 47.9 Å².